The molecular weight excluding hydrogens is 416 g/mol. The van der Waals surface area contributed by atoms with Crippen LogP contribution in [0.1, 0.15) is 43.6 Å². The molecule has 168 valence electrons. The Morgan fingerprint density at radius 1 is 0.968 bits per heavy atom. The van der Waals surface area contributed by atoms with Crippen LogP contribution in [0, 0.1) is 6.92 Å². The third kappa shape index (κ3) is 5.51. The molecule has 0 aliphatic rings. The molecule has 8 heteroatoms. The molecule has 0 aliphatic carbocycles. The normalized spacial score (nSPS) is 12.5. The number of anilines is 1. The highest BCUT2D eigenvalue weighted by Gasteiger charge is 2.27. The van der Waals surface area contributed by atoms with E-state index in [2.05, 4.69) is 0 Å². The van der Waals surface area contributed by atoms with Crippen LogP contribution in [0.25, 0.3) is 0 Å². The standard InChI is InChI=1S/C23H30N2O5S/c1-6-24(7-2)31(28,29)21-16-19(15-14-17(21)4)23(27)30-18(5)22(26)25(8-3)20-12-10-9-11-13-20/h9-16,18H,6-8H2,1-5H3/t18-/m1/s1. The van der Waals surface area contributed by atoms with Crippen LogP contribution >= 0.6 is 0 Å². The number of carbonyl (C=O) groups excluding carboxylic acids is 2. The van der Waals surface area contributed by atoms with Crippen molar-refractivity contribution in [3.63, 3.8) is 0 Å². The Labute approximate surface area is 184 Å². The minimum Gasteiger partial charge on any atom is -0.449 e. The number of amides is 1. The van der Waals surface area contributed by atoms with Crippen LogP contribution in [-0.2, 0) is 19.6 Å². The van der Waals surface area contributed by atoms with Gasteiger partial charge in [0.15, 0.2) is 6.10 Å². The molecule has 7 nitrogen and oxygen atoms in total. The van der Waals surface area contributed by atoms with Crippen LogP contribution < -0.4 is 4.90 Å². The molecule has 1 atom stereocenters. The highest BCUT2D eigenvalue weighted by Crippen LogP contribution is 2.22. The lowest BCUT2D eigenvalue weighted by molar-refractivity contribution is -0.126. The summed E-state index contributed by atoms with van der Waals surface area (Å²) in [5.74, 6) is -1.11. The molecule has 2 aromatic carbocycles. The molecule has 0 saturated carbocycles. The second-order valence-corrected chi connectivity index (χ2v) is 8.94. The predicted molar refractivity (Wildman–Crippen MR) is 121 cm³/mol. The van der Waals surface area contributed by atoms with E-state index in [4.69, 9.17) is 4.74 Å². The van der Waals surface area contributed by atoms with E-state index < -0.39 is 22.1 Å². The Hall–Kier alpha value is -2.71. The summed E-state index contributed by atoms with van der Waals surface area (Å²) in [6.45, 7) is 9.60. The van der Waals surface area contributed by atoms with Gasteiger partial charge in [0.25, 0.3) is 5.91 Å². The first-order chi connectivity index (χ1) is 14.7. The Morgan fingerprint density at radius 2 is 1.58 bits per heavy atom. The van der Waals surface area contributed by atoms with Crippen LogP contribution in [-0.4, -0.2) is 50.3 Å². The first kappa shape index (κ1) is 24.6. The second kappa shape index (κ2) is 10.5. The Balaban J connectivity index is 2.25. The lowest BCUT2D eigenvalue weighted by atomic mass is 10.1. The number of rotatable bonds is 9. The van der Waals surface area contributed by atoms with E-state index >= 15 is 0 Å². The summed E-state index contributed by atoms with van der Waals surface area (Å²) < 4.78 is 32.6. The van der Waals surface area contributed by atoms with Crippen molar-refractivity contribution in [3.8, 4) is 0 Å². The molecule has 0 spiro atoms. The molecule has 0 N–H and O–H groups in total. The molecular formula is C23H30N2O5S. The van der Waals surface area contributed by atoms with Crippen LogP contribution in [0.4, 0.5) is 5.69 Å². The molecule has 0 aromatic heterocycles. The van der Waals surface area contributed by atoms with E-state index in [0.29, 0.717) is 30.9 Å². The van der Waals surface area contributed by atoms with Crippen LogP contribution in [0.2, 0.25) is 0 Å². The van der Waals surface area contributed by atoms with Gasteiger partial charge in [0, 0.05) is 25.3 Å². The molecule has 2 rings (SSSR count). The van der Waals surface area contributed by atoms with Crippen molar-refractivity contribution >= 4 is 27.6 Å². The van der Waals surface area contributed by atoms with Gasteiger partial charge in [-0.2, -0.15) is 4.31 Å². The van der Waals surface area contributed by atoms with Gasteiger partial charge in [-0.25, -0.2) is 13.2 Å². The number of likely N-dealkylation sites (N-methyl/N-ethyl adjacent to an activating group) is 1. The average Bonchev–Trinajstić information content (AvgIpc) is 2.75. The number of benzene rings is 2. The summed E-state index contributed by atoms with van der Waals surface area (Å²) in [6.07, 6.45) is -1.03. The number of hydrogen-bond donors (Lipinski definition) is 0. The molecule has 2 aromatic rings. The fourth-order valence-corrected chi connectivity index (χ4v) is 4.99. The molecule has 0 radical (unpaired) electrons. The maximum Gasteiger partial charge on any atom is 0.338 e. The zero-order chi connectivity index (χ0) is 23.2. The fourth-order valence-electron chi connectivity index (χ4n) is 3.28. The summed E-state index contributed by atoms with van der Waals surface area (Å²) in [4.78, 5) is 27.1. The first-order valence-electron chi connectivity index (χ1n) is 10.4. The molecule has 31 heavy (non-hydrogen) atoms. The van der Waals surface area contributed by atoms with Crippen molar-refractivity contribution in [3.05, 3.63) is 59.7 Å². The number of ether oxygens (including phenoxy) is 1. The van der Waals surface area contributed by atoms with Gasteiger partial charge in [0.2, 0.25) is 10.0 Å². The van der Waals surface area contributed by atoms with Crippen molar-refractivity contribution < 1.29 is 22.7 Å². The van der Waals surface area contributed by atoms with Crippen molar-refractivity contribution in [2.45, 2.75) is 45.6 Å². The maximum atomic E-state index is 12.9. The first-order valence-corrected chi connectivity index (χ1v) is 11.8. The minimum atomic E-state index is -3.74. The Kier molecular flexibility index (Phi) is 8.36. The second-order valence-electron chi connectivity index (χ2n) is 7.04. The summed E-state index contributed by atoms with van der Waals surface area (Å²) >= 11 is 0. The quantitative estimate of drug-likeness (QED) is 0.549. The van der Waals surface area contributed by atoms with Crippen molar-refractivity contribution in [2.75, 3.05) is 24.5 Å². The van der Waals surface area contributed by atoms with Crippen molar-refractivity contribution in [1.29, 1.82) is 0 Å². The topological polar surface area (TPSA) is 84.0 Å². The zero-order valence-corrected chi connectivity index (χ0v) is 19.5. The fraction of sp³-hybridized carbons (Fsp3) is 0.391. The van der Waals surface area contributed by atoms with E-state index in [1.54, 1.807) is 39.0 Å². The zero-order valence-electron chi connectivity index (χ0n) is 18.7. The predicted octanol–water partition coefficient (Wildman–Crippen LogP) is 3.62. The maximum absolute atomic E-state index is 12.9. The Morgan fingerprint density at radius 3 is 2.13 bits per heavy atom. The van der Waals surface area contributed by atoms with Crippen molar-refractivity contribution in [2.24, 2.45) is 0 Å². The van der Waals surface area contributed by atoms with E-state index in [9.17, 15) is 18.0 Å². The van der Waals surface area contributed by atoms with E-state index in [1.807, 2.05) is 25.1 Å². The van der Waals surface area contributed by atoms with Gasteiger partial charge in [-0.3, -0.25) is 4.79 Å². The monoisotopic (exact) mass is 446 g/mol. The van der Waals surface area contributed by atoms with Gasteiger partial charge in [0.05, 0.1) is 10.5 Å². The highest BCUT2D eigenvalue weighted by atomic mass is 32.2. The van der Waals surface area contributed by atoms with Gasteiger partial charge in [-0.05, 0) is 50.6 Å². The van der Waals surface area contributed by atoms with Gasteiger partial charge >= 0.3 is 5.97 Å². The van der Waals surface area contributed by atoms with E-state index in [0.717, 1.165) is 0 Å². The third-order valence-corrected chi connectivity index (χ3v) is 7.22. The van der Waals surface area contributed by atoms with Crippen molar-refractivity contribution in [1.82, 2.24) is 4.31 Å². The highest BCUT2D eigenvalue weighted by molar-refractivity contribution is 7.89. The summed E-state index contributed by atoms with van der Waals surface area (Å²) in [5.41, 5.74) is 1.33. The number of para-hydroxylation sites is 1. The van der Waals surface area contributed by atoms with E-state index in [-0.39, 0.29) is 16.4 Å². The number of hydrogen-bond acceptors (Lipinski definition) is 5. The van der Waals surface area contributed by atoms with Crippen LogP contribution in [0.3, 0.4) is 0 Å². The molecule has 0 saturated heterocycles. The van der Waals surface area contributed by atoms with Gasteiger partial charge in [-0.15, -0.1) is 0 Å². The molecule has 0 aliphatic heterocycles. The smallest absolute Gasteiger partial charge is 0.338 e. The van der Waals surface area contributed by atoms with Crippen LogP contribution in [0.15, 0.2) is 53.4 Å². The van der Waals surface area contributed by atoms with Gasteiger partial charge < -0.3 is 9.64 Å². The SMILES string of the molecule is CCN(C(=O)[C@@H](C)OC(=O)c1ccc(C)c(S(=O)(=O)N(CC)CC)c1)c1ccccc1. The van der Waals surface area contributed by atoms with E-state index in [1.165, 1.54) is 28.3 Å². The summed E-state index contributed by atoms with van der Waals surface area (Å²) in [5, 5.41) is 0. The van der Waals surface area contributed by atoms with Gasteiger partial charge in [-0.1, -0.05) is 38.1 Å². The summed E-state index contributed by atoms with van der Waals surface area (Å²) in [7, 11) is -3.74. The largest absolute Gasteiger partial charge is 0.449 e. The molecule has 0 bridgehead atoms. The number of aryl methyl sites for hydroxylation is 1. The van der Waals surface area contributed by atoms with Gasteiger partial charge in [0.1, 0.15) is 0 Å². The molecule has 1 amide bonds. The summed E-state index contributed by atoms with van der Waals surface area (Å²) in [6, 6.07) is 13.5. The molecule has 0 heterocycles. The minimum absolute atomic E-state index is 0.0594. The number of esters is 1. The molecule has 0 unspecified atom stereocenters. The third-order valence-electron chi connectivity index (χ3n) is 5.03. The number of carbonyl (C=O) groups is 2. The average molecular weight is 447 g/mol. The number of sulfonamides is 1. The number of nitrogens with zero attached hydrogens (tertiary/aromatic N) is 2. The van der Waals surface area contributed by atoms with Crippen LogP contribution in [0.5, 0.6) is 0 Å². The molecule has 0 fully saturated rings. The Bertz CT molecular complexity index is 1020. The lowest BCUT2D eigenvalue weighted by Crippen LogP contribution is -2.40. The lowest BCUT2D eigenvalue weighted by Gasteiger charge is -2.24.